The van der Waals surface area contributed by atoms with E-state index in [9.17, 15) is 0 Å². The summed E-state index contributed by atoms with van der Waals surface area (Å²) in [6.07, 6.45) is 20.9. The fraction of sp³-hybridized carbons (Fsp3) is 0.165. The van der Waals surface area contributed by atoms with E-state index in [1.54, 1.807) is 0 Å². The van der Waals surface area contributed by atoms with E-state index in [1.165, 1.54) is 144 Å². The Morgan fingerprint density at radius 3 is 0.674 bits per heavy atom. The molecule has 472 valence electrons. The fourth-order valence-corrected chi connectivity index (χ4v) is 13.8. The van der Waals surface area contributed by atoms with E-state index in [-0.39, 0.29) is 0 Å². The number of hydrogen-bond donors (Lipinski definition) is 0. The van der Waals surface area contributed by atoms with E-state index in [1.807, 2.05) is 6.07 Å². The molecule has 0 bridgehead atoms. The first kappa shape index (κ1) is 63.9. The van der Waals surface area contributed by atoms with Crippen LogP contribution in [0, 0.1) is 34.6 Å². The molecule has 0 amide bonds. The molecule has 0 saturated heterocycles. The molecular weight excluding hydrogens is 1160 g/mol. The van der Waals surface area contributed by atoms with Crippen molar-refractivity contribution in [2.45, 2.75) is 34.6 Å². The first-order chi connectivity index (χ1) is 46.0. The molecule has 95 heavy (non-hydrogen) atoms. The molecule has 11 aromatic carbocycles. The first-order valence-corrected chi connectivity index (χ1v) is 32.6. The molecule has 0 aliphatic rings. The Balaban J connectivity index is 0.000000114. The van der Waals surface area contributed by atoms with Gasteiger partial charge in [0.2, 0.25) is 0 Å². The average molecular weight is 1250 g/mol. The van der Waals surface area contributed by atoms with Gasteiger partial charge < -0.3 is 0 Å². The number of nitrogens with zero attached hydrogens (tertiary/aromatic N) is 10. The van der Waals surface area contributed by atoms with E-state index >= 15 is 0 Å². The molecule has 0 N–H and O–H groups in total. The van der Waals surface area contributed by atoms with Crippen LogP contribution >= 0.6 is 0 Å². The lowest BCUT2D eigenvalue weighted by Gasteiger charge is -2.09. The summed E-state index contributed by atoms with van der Waals surface area (Å²) in [4.78, 5) is 0. The number of imidazole rings is 5. The Kier molecular flexibility index (Phi) is 18.5. The Labute approximate surface area is 559 Å². The van der Waals surface area contributed by atoms with Crippen molar-refractivity contribution >= 4 is 53.9 Å². The van der Waals surface area contributed by atoms with Crippen molar-refractivity contribution in [1.29, 1.82) is 0 Å². The summed E-state index contributed by atoms with van der Waals surface area (Å²) in [5.41, 5.74) is 14.3. The molecule has 0 aliphatic heterocycles. The van der Waals surface area contributed by atoms with Crippen LogP contribution in [0.15, 0.2) is 274 Å². The van der Waals surface area contributed by atoms with Crippen molar-refractivity contribution in [3.63, 3.8) is 0 Å². The van der Waals surface area contributed by atoms with Gasteiger partial charge in [0, 0.05) is 0 Å². The highest BCUT2D eigenvalue weighted by atomic mass is 15.2. The van der Waals surface area contributed by atoms with Gasteiger partial charge in [-0.05, 0) is 159 Å². The molecule has 5 aromatic heterocycles. The Hall–Kier alpha value is -11.2. The third-order valence-corrected chi connectivity index (χ3v) is 19.0. The van der Waals surface area contributed by atoms with E-state index in [0.717, 1.165) is 0 Å². The first-order valence-electron chi connectivity index (χ1n) is 32.6. The summed E-state index contributed by atoms with van der Waals surface area (Å²) in [5, 5.41) is 13.1. The highest BCUT2D eigenvalue weighted by Gasteiger charge is 2.24. The van der Waals surface area contributed by atoms with Gasteiger partial charge in [0.05, 0.1) is 91.2 Å². The molecule has 10 nitrogen and oxygen atoms in total. The fourth-order valence-electron chi connectivity index (χ4n) is 13.8. The Morgan fingerprint density at radius 2 is 0.432 bits per heavy atom. The van der Waals surface area contributed by atoms with Gasteiger partial charge >= 0.3 is 0 Å². The maximum absolute atomic E-state index is 2.25. The van der Waals surface area contributed by atoms with Gasteiger partial charge in [0.1, 0.15) is 67.7 Å². The minimum atomic E-state index is 1.18. The van der Waals surface area contributed by atoms with Gasteiger partial charge in [-0.1, -0.05) is 170 Å². The van der Waals surface area contributed by atoms with Crippen LogP contribution in [-0.2, 0) is 63.4 Å². The summed E-state index contributed by atoms with van der Waals surface area (Å²) in [7, 11) is 18.8. The Morgan fingerprint density at radius 1 is 0.221 bits per heavy atom. The van der Waals surface area contributed by atoms with Crippen LogP contribution in [0.3, 0.4) is 0 Å². The van der Waals surface area contributed by atoms with Gasteiger partial charge in [0.25, 0.3) is 29.1 Å². The number of rotatable bonds is 6. The molecule has 5 heterocycles. The van der Waals surface area contributed by atoms with Crippen molar-refractivity contribution in [1.82, 2.24) is 22.8 Å². The van der Waals surface area contributed by atoms with Crippen molar-refractivity contribution in [2.75, 3.05) is 0 Å². The number of aromatic nitrogens is 10. The van der Waals surface area contributed by atoms with E-state index in [2.05, 4.69) is 412 Å². The number of para-hydroxylation sites is 1. The number of benzene rings is 11. The zero-order chi connectivity index (χ0) is 66.6. The smallest absolute Gasteiger partial charge is 0.233 e. The molecule has 16 rings (SSSR count). The van der Waals surface area contributed by atoms with Crippen LogP contribution < -0.4 is 22.8 Å². The molecule has 0 fully saturated rings. The standard InChI is InChI=1S/C21H19N2.4C16H17N2/c1-16-19-11-7-6-8-17(19)12-13-20(16)21-22(2)14-15-23(21)18-9-4-3-5-10-18;4*1-12-14-7-5-4-6-13(14)8-9-15(12)16-17(2)10-11-18(16)3/h3-15H,1-2H3;4*4-11H,1-3H3/q5*+1. The molecule has 16 aromatic rings. The quantitative estimate of drug-likeness (QED) is 0.149. The third-order valence-electron chi connectivity index (χ3n) is 19.0. The SMILES string of the molecule is Cc1c(-c2n(-c3ccccc3)cc[n+]2C)ccc2ccccc12.Cc1c(-c2n(C)cc[n+]2C)ccc2ccccc12.Cc1c(-c2n(C)cc[n+]2C)ccc2ccccc12.Cc1c(-c2n(C)cc[n+]2C)ccc2ccccc12.Cc1c(-c2n(C)cc[n+]2C)ccc2ccccc12. The highest BCUT2D eigenvalue weighted by molar-refractivity contribution is 5.94. The predicted molar refractivity (Wildman–Crippen MR) is 392 cm³/mol. The predicted octanol–water partition coefficient (Wildman–Crippen LogP) is 16.3. The lowest BCUT2D eigenvalue weighted by molar-refractivity contribution is -0.659. The van der Waals surface area contributed by atoms with Gasteiger partial charge in [-0.3, -0.25) is 0 Å². The molecule has 0 radical (unpaired) electrons. The zero-order valence-corrected chi connectivity index (χ0v) is 57.5. The summed E-state index contributed by atoms with van der Waals surface area (Å²) in [6, 6.07) is 75.3. The molecule has 0 saturated carbocycles. The summed E-state index contributed by atoms with van der Waals surface area (Å²) >= 11 is 0. The van der Waals surface area contributed by atoms with Crippen LogP contribution in [-0.4, -0.2) is 22.8 Å². The van der Waals surface area contributed by atoms with Crippen molar-refractivity contribution in [2.24, 2.45) is 63.4 Å². The molecular formula is C85H87N10+5. The average Bonchev–Trinajstić information content (AvgIpc) is 1.79. The molecule has 0 aliphatic carbocycles. The van der Waals surface area contributed by atoms with Crippen molar-refractivity contribution < 1.29 is 22.8 Å². The lowest BCUT2D eigenvalue weighted by Crippen LogP contribution is -2.29. The molecule has 0 spiro atoms. The maximum atomic E-state index is 2.25. The largest absolute Gasteiger partial charge is 0.294 e. The summed E-state index contributed by atoms with van der Waals surface area (Å²) < 4.78 is 21.7. The number of fused-ring (bicyclic) bond motifs is 5. The zero-order valence-electron chi connectivity index (χ0n) is 57.5. The second-order valence-electron chi connectivity index (χ2n) is 25.1. The molecule has 0 atom stereocenters. The Bertz CT molecular complexity index is 4850. The second kappa shape index (κ2) is 27.5. The topological polar surface area (TPSA) is 44.0 Å². The third kappa shape index (κ3) is 12.8. The van der Waals surface area contributed by atoms with E-state index < -0.39 is 0 Å². The van der Waals surface area contributed by atoms with E-state index in [0.29, 0.717) is 0 Å². The van der Waals surface area contributed by atoms with Crippen LogP contribution in [0.1, 0.15) is 27.8 Å². The second-order valence-corrected chi connectivity index (χ2v) is 25.1. The number of hydrogen-bond acceptors (Lipinski definition) is 0. The molecule has 10 heteroatoms. The van der Waals surface area contributed by atoms with Gasteiger partial charge in [-0.2, -0.15) is 4.57 Å². The van der Waals surface area contributed by atoms with Gasteiger partial charge in [-0.15, -0.1) is 0 Å². The van der Waals surface area contributed by atoms with Crippen LogP contribution in [0.2, 0.25) is 0 Å². The van der Waals surface area contributed by atoms with Crippen LogP contribution in [0.4, 0.5) is 0 Å². The van der Waals surface area contributed by atoms with Crippen LogP contribution in [0.25, 0.3) is 116 Å². The normalized spacial score (nSPS) is 11.1. The van der Waals surface area contributed by atoms with Crippen molar-refractivity contribution in [3.8, 4) is 62.6 Å². The summed E-state index contributed by atoms with van der Waals surface area (Å²) in [6.45, 7) is 11.0. The highest BCUT2D eigenvalue weighted by Crippen LogP contribution is 2.33. The van der Waals surface area contributed by atoms with Crippen LogP contribution in [0.5, 0.6) is 0 Å². The van der Waals surface area contributed by atoms with Gasteiger partial charge in [0.15, 0.2) is 0 Å². The number of aryl methyl sites for hydroxylation is 14. The van der Waals surface area contributed by atoms with Gasteiger partial charge in [-0.25, -0.2) is 41.1 Å². The monoisotopic (exact) mass is 1250 g/mol. The summed E-state index contributed by atoms with van der Waals surface area (Å²) in [5.74, 6) is 6.13. The minimum Gasteiger partial charge on any atom is -0.233 e. The molecule has 0 unspecified atom stereocenters. The van der Waals surface area contributed by atoms with Crippen molar-refractivity contribution in [3.05, 3.63) is 302 Å². The maximum Gasteiger partial charge on any atom is 0.294 e. The lowest BCUT2D eigenvalue weighted by atomic mass is 9.99. The minimum absolute atomic E-state index is 1.18. The van der Waals surface area contributed by atoms with E-state index in [4.69, 9.17) is 0 Å².